The molecular formula is C10H21N5O2S. The Kier molecular flexibility index (Phi) is 7.18. The first kappa shape index (κ1) is 15.4. The van der Waals surface area contributed by atoms with Gasteiger partial charge < -0.3 is 14.4 Å². The largest absolute Gasteiger partial charge is 0.354 e. The van der Waals surface area contributed by atoms with Crippen LogP contribution in [0.2, 0.25) is 0 Å². The van der Waals surface area contributed by atoms with E-state index in [1.54, 1.807) is 30.7 Å². The molecule has 1 rings (SSSR count). The van der Waals surface area contributed by atoms with Gasteiger partial charge in [-0.3, -0.25) is 0 Å². The normalized spacial score (nSPS) is 11.7. The van der Waals surface area contributed by atoms with Crippen molar-refractivity contribution in [2.24, 2.45) is 0 Å². The smallest absolute Gasteiger partial charge is 0.209 e. The van der Waals surface area contributed by atoms with Gasteiger partial charge in [-0.25, -0.2) is 4.68 Å². The molecule has 0 N–H and O–H groups in total. The zero-order chi connectivity index (χ0) is 13.4. The van der Waals surface area contributed by atoms with Gasteiger partial charge in [-0.15, -0.1) is 5.10 Å². The van der Waals surface area contributed by atoms with Gasteiger partial charge >= 0.3 is 0 Å². The van der Waals surface area contributed by atoms with E-state index in [2.05, 4.69) is 34.5 Å². The molecule has 1 aromatic heterocycles. The molecule has 0 radical (unpaired) electrons. The maximum absolute atomic E-state index is 5.13. The predicted molar refractivity (Wildman–Crippen MR) is 69.5 cm³/mol. The summed E-state index contributed by atoms with van der Waals surface area (Å²) >= 11 is 1.65. The molecule has 0 aliphatic rings. The van der Waals surface area contributed by atoms with Gasteiger partial charge in [-0.1, -0.05) is 11.8 Å². The third-order valence-electron chi connectivity index (χ3n) is 2.33. The van der Waals surface area contributed by atoms with E-state index < -0.39 is 0 Å². The molecule has 0 aliphatic carbocycles. The fraction of sp³-hybridized carbons (Fsp3) is 0.900. The van der Waals surface area contributed by atoms with Crippen LogP contribution in [0, 0.1) is 0 Å². The van der Waals surface area contributed by atoms with Crippen molar-refractivity contribution in [1.29, 1.82) is 0 Å². The van der Waals surface area contributed by atoms with Crippen molar-refractivity contribution in [2.75, 3.05) is 40.6 Å². The zero-order valence-electron chi connectivity index (χ0n) is 11.4. The van der Waals surface area contributed by atoms with Crippen LogP contribution in [-0.2, 0) is 16.0 Å². The van der Waals surface area contributed by atoms with E-state index in [9.17, 15) is 0 Å². The van der Waals surface area contributed by atoms with E-state index >= 15 is 0 Å². The highest BCUT2D eigenvalue weighted by Gasteiger charge is 2.12. The van der Waals surface area contributed by atoms with Gasteiger partial charge in [0.2, 0.25) is 5.16 Å². The fourth-order valence-corrected chi connectivity index (χ4v) is 2.16. The summed E-state index contributed by atoms with van der Waals surface area (Å²) < 4.78 is 12.0. The highest BCUT2D eigenvalue weighted by atomic mass is 32.2. The van der Waals surface area contributed by atoms with Crippen molar-refractivity contribution >= 4 is 11.8 Å². The summed E-state index contributed by atoms with van der Waals surface area (Å²) in [6, 6.07) is 0. The number of hydrogen-bond donors (Lipinski definition) is 0. The number of nitrogens with zero attached hydrogens (tertiary/aromatic N) is 5. The minimum atomic E-state index is -0.324. The molecule has 0 bridgehead atoms. The molecule has 18 heavy (non-hydrogen) atoms. The molecule has 0 aliphatic heterocycles. The lowest BCUT2D eigenvalue weighted by Gasteiger charge is -2.13. The van der Waals surface area contributed by atoms with Crippen molar-refractivity contribution < 1.29 is 9.47 Å². The minimum Gasteiger partial charge on any atom is -0.354 e. The first-order valence-corrected chi connectivity index (χ1v) is 6.75. The maximum atomic E-state index is 5.13. The molecule has 0 amide bonds. The molecule has 8 heteroatoms. The van der Waals surface area contributed by atoms with Crippen molar-refractivity contribution in [1.82, 2.24) is 25.1 Å². The number of thioether (sulfide) groups is 1. The minimum absolute atomic E-state index is 0.324. The first-order valence-electron chi connectivity index (χ1n) is 5.76. The summed E-state index contributed by atoms with van der Waals surface area (Å²) in [5.74, 6) is 0.989. The summed E-state index contributed by atoms with van der Waals surface area (Å²) in [5, 5.41) is 12.4. The van der Waals surface area contributed by atoms with Crippen molar-refractivity contribution in [3.8, 4) is 0 Å². The summed E-state index contributed by atoms with van der Waals surface area (Å²) in [5.41, 5.74) is 0. The van der Waals surface area contributed by atoms with E-state index in [0.29, 0.717) is 6.54 Å². The van der Waals surface area contributed by atoms with Crippen LogP contribution in [0.25, 0.3) is 0 Å². The molecule has 104 valence electrons. The molecular weight excluding hydrogens is 254 g/mol. The summed E-state index contributed by atoms with van der Waals surface area (Å²) in [6.45, 7) is 1.56. The van der Waals surface area contributed by atoms with Crippen LogP contribution >= 0.6 is 11.8 Å². The highest BCUT2D eigenvalue weighted by Crippen LogP contribution is 2.15. The molecule has 0 saturated heterocycles. The number of methoxy groups -OCH3 is 2. The van der Waals surface area contributed by atoms with Gasteiger partial charge in [-0.05, 0) is 37.5 Å². The van der Waals surface area contributed by atoms with Crippen molar-refractivity contribution in [2.45, 2.75) is 24.4 Å². The average Bonchev–Trinajstić information content (AvgIpc) is 2.78. The highest BCUT2D eigenvalue weighted by molar-refractivity contribution is 7.99. The van der Waals surface area contributed by atoms with Gasteiger partial charge in [0.15, 0.2) is 6.29 Å². The Morgan fingerprint density at radius 1 is 1.33 bits per heavy atom. The predicted octanol–water partition coefficient (Wildman–Crippen LogP) is 0.336. The number of aromatic nitrogens is 4. The number of hydrogen-bond acceptors (Lipinski definition) is 7. The SMILES string of the molecule is COC(Cn1nnnc1SCCCN(C)C)OC. The number of rotatable bonds is 9. The topological polar surface area (TPSA) is 65.3 Å². The van der Waals surface area contributed by atoms with Gasteiger partial charge in [0.25, 0.3) is 0 Å². The second-order valence-corrected chi connectivity index (χ2v) is 5.11. The van der Waals surface area contributed by atoms with Crippen LogP contribution in [0.5, 0.6) is 0 Å². The second-order valence-electron chi connectivity index (χ2n) is 4.05. The Morgan fingerprint density at radius 2 is 2.06 bits per heavy atom. The maximum Gasteiger partial charge on any atom is 0.209 e. The lowest BCUT2D eigenvalue weighted by atomic mass is 10.5. The Morgan fingerprint density at radius 3 is 2.67 bits per heavy atom. The zero-order valence-corrected chi connectivity index (χ0v) is 12.2. The quantitative estimate of drug-likeness (QED) is 0.366. The van der Waals surface area contributed by atoms with E-state index in [0.717, 1.165) is 23.9 Å². The van der Waals surface area contributed by atoms with E-state index in [1.807, 2.05) is 0 Å². The molecule has 0 saturated carbocycles. The van der Waals surface area contributed by atoms with Gasteiger partial charge in [0.05, 0.1) is 6.54 Å². The van der Waals surface area contributed by atoms with Gasteiger partial charge in [-0.2, -0.15) is 0 Å². The summed E-state index contributed by atoms with van der Waals surface area (Å²) in [6.07, 6.45) is 0.775. The number of tetrazole rings is 1. The van der Waals surface area contributed by atoms with Crippen LogP contribution in [-0.4, -0.2) is 72.0 Å². The van der Waals surface area contributed by atoms with Crippen molar-refractivity contribution in [3.63, 3.8) is 0 Å². The molecule has 1 heterocycles. The average molecular weight is 275 g/mol. The third kappa shape index (κ3) is 5.30. The van der Waals surface area contributed by atoms with Gasteiger partial charge in [0.1, 0.15) is 0 Å². The van der Waals surface area contributed by atoms with E-state index in [4.69, 9.17) is 9.47 Å². The van der Waals surface area contributed by atoms with Crippen LogP contribution in [0.3, 0.4) is 0 Å². The Hall–Kier alpha value is -0.700. The van der Waals surface area contributed by atoms with Crippen LogP contribution in [0.15, 0.2) is 5.16 Å². The standard InChI is InChI=1S/C10H21N5O2S/c1-14(2)6-5-7-18-10-11-12-13-15(10)8-9(16-3)17-4/h9H,5-8H2,1-4H3. The molecule has 7 nitrogen and oxygen atoms in total. The monoisotopic (exact) mass is 275 g/mol. The summed E-state index contributed by atoms with van der Waals surface area (Å²) in [7, 11) is 7.33. The van der Waals surface area contributed by atoms with Crippen LogP contribution in [0.1, 0.15) is 6.42 Å². The van der Waals surface area contributed by atoms with Crippen LogP contribution < -0.4 is 0 Å². The molecule has 0 aromatic carbocycles. The molecule has 1 aromatic rings. The first-order chi connectivity index (χ1) is 8.67. The fourth-order valence-electron chi connectivity index (χ4n) is 1.35. The Labute approximate surface area is 112 Å². The Bertz CT molecular complexity index is 330. The van der Waals surface area contributed by atoms with Gasteiger partial charge in [0, 0.05) is 20.0 Å². The Balaban J connectivity index is 2.39. The van der Waals surface area contributed by atoms with E-state index in [-0.39, 0.29) is 6.29 Å². The lowest BCUT2D eigenvalue weighted by Crippen LogP contribution is -2.22. The number of ether oxygens (including phenoxy) is 2. The molecule has 0 fully saturated rings. The molecule has 0 unspecified atom stereocenters. The molecule has 0 atom stereocenters. The molecule has 0 spiro atoms. The lowest BCUT2D eigenvalue weighted by molar-refractivity contribution is -0.113. The summed E-state index contributed by atoms with van der Waals surface area (Å²) in [4.78, 5) is 2.16. The van der Waals surface area contributed by atoms with E-state index in [1.165, 1.54) is 0 Å². The van der Waals surface area contributed by atoms with Crippen molar-refractivity contribution in [3.05, 3.63) is 0 Å². The van der Waals surface area contributed by atoms with Crippen LogP contribution in [0.4, 0.5) is 0 Å². The third-order valence-corrected chi connectivity index (χ3v) is 3.37. The second kappa shape index (κ2) is 8.41.